The van der Waals surface area contributed by atoms with Gasteiger partial charge in [-0.05, 0) is 19.4 Å². The lowest BCUT2D eigenvalue weighted by atomic mass is 10.2. The maximum absolute atomic E-state index is 5.57. The Morgan fingerprint density at radius 1 is 1.06 bits per heavy atom. The maximum atomic E-state index is 5.57. The second kappa shape index (κ2) is 9.16. The van der Waals surface area contributed by atoms with E-state index in [1.54, 1.807) is 0 Å². The van der Waals surface area contributed by atoms with E-state index in [9.17, 15) is 0 Å². The summed E-state index contributed by atoms with van der Waals surface area (Å²) in [6, 6.07) is 10.1. The minimum absolute atomic E-state index is 0.110. The Balaban J connectivity index is 2.02. The quantitative estimate of drug-likeness (QED) is 0.619. The molecule has 0 saturated carbocycles. The molecule has 3 nitrogen and oxygen atoms in total. The Bertz CT molecular complexity index is 274. The van der Waals surface area contributed by atoms with Gasteiger partial charge in [0.1, 0.15) is 0 Å². The Morgan fingerprint density at radius 3 is 2.53 bits per heavy atom. The topological polar surface area (TPSA) is 27.7 Å². The van der Waals surface area contributed by atoms with Crippen LogP contribution in [0.15, 0.2) is 30.3 Å². The lowest BCUT2D eigenvalue weighted by Gasteiger charge is -2.13. The van der Waals surface area contributed by atoms with Gasteiger partial charge in [0, 0.05) is 6.61 Å². The van der Waals surface area contributed by atoms with Gasteiger partial charge in [0.25, 0.3) is 0 Å². The van der Waals surface area contributed by atoms with E-state index in [4.69, 9.17) is 14.2 Å². The summed E-state index contributed by atoms with van der Waals surface area (Å²) < 4.78 is 16.3. The molecule has 17 heavy (non-hydrogen) atoms. The van der Waals surface area contributed by atoms with Crippen LogP contribution in [0.4, 0.5) is 0 Å². The highest BCUT2D eigenvalue weighted by Gasteiger charge is 2.02. The normalized spacial score (nSPS) is 12.6. The fraction of sp³-hybridized carbons (Fsp3) is 0.571. The average molecular weight is 238 g/mol. The summed E-state index contributed by atoms with van der Waals surface area (Å²) in [5, 5.41) is 0. The summed E-state index contributed by atoms with van der Waals surface area (Å²) in [7, 11) is 0. The van der Waals surface area contributed by atoms with Gasteiger partial charge in [-0.3, -0.25) is 0 Å². The van der Waals surface area contributed by atoms with Crippen molar-refractivity contribution in [2.24, 2.45) is 0 Å². The maximum Gasteiger partial charge on any atom is 0.0781 e. The molecule has 0 bridgehead atoms. The summed E-state index contributed by atoms with van der Waals surface area (Å²) in [5.41, 5.74) is 1.19. The molecule has 96 valence electrons. The molecule has 0 aromatic heterocycles. The molecule has 1 aromatic carbocycles. The number of benzene rings is 1. The molecule has 1 rings (SSSR count). The van der Waals surface area contributed by atoms with Crippen LogP contribution in [0.1, 0.15) is 19.4 Å². The van der Waals surface area contributed by atoms with Gasteiger partial charge in [-0.15, -0.1) is 0 Å². The van der Waals surface area contributed by atoms with Crippen molar-refractivity contribution >= 4 is 0 Å². The Kier molecular flexibility index (Phi) is 7.63. The molecule has 0 aliphatic carbocycles. The van der Waals surface area contributed by atoms with Crippen LogP contribution in [0.5, 0.6) is 0 Å². The van der Waals surface area contributed by atoms with E-state index < -0.39 is 0 Å². The second-order valence-electron chi connectivity index (χ2n) is 3.88. The molecular weight excluding hydrogens is 216 g/mol. The van der Waals surface area contributed by atoms with E-state index in [1.165, 1.54) is 5.56 Å². The molecule has 0 spiro atoms. The molecule has 0 fully saturated rings. The van der Waals surface area contributed by atoms with E-state index in [-0.39, 0.29) is 6.10 Å². The monoisotopic (exact) mass is 238 g/mol. The summed E-state index contributed by atoms with van der Waals surface area (Å²) in [6.45, 7) is 7.26. The highest BCUT2D eigenvalue weighted by molar-refractivity contribution is 5.13. The molecule has 1 aromatic rings. The van der Waals surface area contributed by atoms with Crippen molar-refractivity contribution in [2.45, 2.75) is 26.6 Å². The van der Waals surface area contributed by atoms with Crippen molar-refractivity contribution < 1.29 is 14.2 Å². The third-order valence-corrected chi connectivity index (χ3v) is 2.30. The van der Waals surface area contributed by atoms with Crippen LogP contribution in [-0.2, 0) is 20.8 Å². The van der Waals surface area contributed by atoms with Gasteiger partial charge < -0.3 is 14.2 Å². The third-order valence-electron chi connectivity index (χ3n) is 2.30. The molecule has 0 aliphatic heterocycles. The van der Waals surface area contributed by atoms with Crippen LogP contribution in [0.3, 0.4) is 0 Å². The van der Waals surface area contributed by atoms with E-state index in [2.05, 4.69) is 12.1 Å². The van der Waals surface area contributed by atoms with Gasteiger partial charge >= 0.3 is 0 Å². The van der Waals surface area contributed by atoms with Crippen molar-refractivity contribution in [1.29, 1.82) is 0 Å². The van der Waals surface area contributed by atoms with E-state index in [0.29, 0.717) is 26.4 Å². The van der Waals surface area contributed by atoms with Gasteiger partial charge in [-0.2, -0.15) is 0 Å². The summed E-state index contributed by atoms with van der Waals surface area (Å²) in [5.74, 6) is 0. The fourth-order valence-corrected chi connectivity index (χ4v) is 1.42. The second-order valence-corrected chi connectivity index (χ2v) is 3.88. The molecule has 0 heterocycles. The zero-order valence-electron chi connectivity index (χ0n) is 10.7. The van der Waals surface area contributed by atoms with Crippen LogP contribution in [-0.4, -0.2) is 32.5 Å². The minimum Gasteiger partial charge on any atom is -0.379 e. The molecule has 1 atom stereocenters. The number of ether oxygens (including phenoxy) is 3. The highest BCUT2D eigenvalue weighted by Crippen LogP contribution is 2.01. The molecular formula is C14H22O3. The third kappa shape index (κ3) is 7.10. The molecule has 0 aliphatic rings. The van der Waals surface area contributed by atoms with Crippen LogP contribution < -0.4 is 0 Å². The molecule has 0 amide bonds. The van der Waals surface area contributed by atoms with Gasteiger partial charge in [0.15, 0.2) is 0 Å². The van der Waals surface area contributed by atoms with Gasteiger partial charge in [0.05, 0.1) is 32.5 Å². The van der Waals surface area contributed by atoms with Crippen molar-refractivity contribution in [2.75, 3.05) is 26.4 Å². The van der Waals surface area contributed by atoms with Gasteiger partial charge in [-0.25, -0.2) is 0 Å². The first-order valence-corrected chi connectivity index (χ1v) is 6.14. The molecule has 1 unspecified atom stereocenters. The Morgan fingerprint density at radius 2 is 1.82 bits per heavy atom. The number of hydrogen-bond donors (Lipinski definition) is 0. The summed E-state index contributed by atoms with van der Waals surface area (Å²) >= 11 is 0. The van der Waals surface area contributed by atoms with E-state index in [1.807, 2.05) is 32.0 Å². The first kappa shape index (κ1) is 14.2. The zero-order valence-corrected chi connectivity index (χ0v) is 10.7. The minimum atomic E-state index is 0.110. The van der Waals surface area contributed by atoms with Crippen molar-refractivity contribution in [3.05, 3.63) is 35.9 Å². The first-order valence-electron chi connectivity index (χ1n) is 6.14. The standard InChI is InChI=1S/C14H22O3/c1-3-15-9-10-17-13(2)11-16-12-14-7-5-4-6-8-14/h4-8,13H,3,9-12H2,1-2H3. The van der Waals surface area contributed by atoms with Gasteiger partial charge in [-0.1, -0.05) is 30.3 Å². The molecule has 0 N–H and O–H groups in total. The molecule has 0 radical (unpaired) electrons. The predicted molar refractivity (Wildman–Crippen MR) is 68.0 cm³/mol. The molecule has 0 saturated heterocycles. The predicted octanol–water partition coefficient (Wildman–Crippen LogP) is 2.64. The lowest BCUT2D eigenvalue weighted by molar-refractivity contribution is -0.0321. The highest BCUT2D eigenvalue weighted by atomic mass is 16.5. The summed E-state index contributed by atoms with van der Waals surface area (Å²) in [6.07, 6.45) is 0.110. The van der Waals surface area contributed by atoms with Gasteiger partial charge in [0.2, 0.25) is 0 Å². The number of hydrogen-bond acceptors (Lipinski definition) is 3. The average Bonchev–Trinajstić information content (AvgIpc) is 2.36. The zero-order chi connectivity index (χ0) is 12.3. The van der Waals surface area contributed by atoms with Crippen LogP contribution in [0.2, 0.25) is 0 Å². The fourth-order valence-electron chi connectivity index (χ4n) is 1.42. The van der Waals surface area contributed by atoms with Crippen LogP contribution in [0, 0.1) is 0 Å². The van der Waals surface area contributed by atoms with Crippen molar-refractivity contribution in [1.82, 2.24) is 0 Å². The van der Waals surface area contributed by atoms with E-state index >= 15 is 0 Å². The Labute approximate surface area is 104 Å². The van der Waals surface area contributed by atoms with Crippen LogP contribution in [0.25, 0.3) is 0 Å². The molecule has 3 heteroatoms. The smallest absolute Gasteiger partial charge is 0.0781 e. The summed E-state index contributed by atoms with van der Waals surface area (Å²) in [4.78, 5) is 0. The SMILES string of the molecule is CCOCCOC(C)COCc1ccccc1. The lowest BCUT2D eigenvalue weighted by Crippen LogP contribution is -2.18. The van der Waals surface area contributed by atoms with Crippen molar-refractivity contribution in [3.63, 3.8) is 0 Å². The Hall–Kier alpha value is -0.900. The van der Waals surface area contributed by atoms with Crippen molar-refractivity contribution in [3.8, 4) is 0 Å². The van der Waals surface area contributed by atoms with Crippen LogP contribution >= 0.6 is 0 Å². The first-order chi connectivity index (χ1) is 8.33. The van der Waals surface area contributed by atoms with E-state index in [0.717, 1.165) is 6.61 Å². The number of rotatable bonds is 9. The largest absolute Gasteiger partial charge is 0.379 e.